The lowest BCUT2D eigenvalue weighted by Gasteiger charge is -2.25. The monoisotopic (exact) mass is 394 g/mol. The van der Waals surface area contributed by atoms with Crippen LogP contribution in [0.5, 0.6) is 5.75 Å². The molecule has 5 nitrogen and oxygen atoms in total. The van der Waals surface area contributed by atoms with Crippen molar-refractivity contribution in [2.24, 2.45) is 5.92 Å². The third-order valence-electron chi connectivity index (χ3n) is 4.58. The van der Waals surface area contributed by atoms with E-state index in [-0.39, 0.29) is 23.3 Å². The fourth-order valence-electron chi connectivity index (χ4n) is 2.90. The highest BCUT2D eigenvalue weighted by Gasteiger charge is 2.24. The van der Waals surface area contributed by atoms with Gasteiger partial charge in [0.2, 0.25) is 10.0 Å². The molecule has 1 aliphatic carbocycles. The van der Waals surface area contributed by atoms with E-state index in [9.17, 15) is 8.42 Å². The fourth-order valence-corrected chi connectivity index (χ4v) is 4.38. The largest absolute Gasteiger partial charge is 0.492 e. The average Bonchev–Trinajstić information content (AvgIpc) is 2.98. The molecule has 1 saturated carbocycles. The van der Waals surface area contributed by atoms with E-state index < -0.39 is 10.0 Å². The van der Waals surface area contributed by atoms with Crippen LogP contribution in [0.25, 0.3) is 0 Å². The quantitative estimate of drug-likeness (QED) is 0.745. The molecule has 1 saturated heterocycles. The van der Waals surface area contributed by atoms with Gasteiger partial charge in [-0.15, -0.1) is 12.4 Å². The van der Waals surface area contributed by atoms with E-state index in [0.717, 1.165) is 32.2 Å². The molecule has 2 fully saturated rings. The van der Waals surface area contributed by atoms with E-state index in [0.29, 0.717) is 29.8 Å². The molecular weight excluding hydrogens is 371 g/mol. The number of benzene rings is 1. The Kier molecular flexibility index (Phi) is 7.19. The van der Waals surface area contributed by atoms with Crippen LogP contribution >= 0.6 is 24.0 Å². The summed E-state index contributed by atoms with van der Waals surface area (Å²) < 4.78 is 33.7. The standard InChI is InChI=1S/C16H23ClN2O3S.ClH/c17-13-6-7-15(22-11-12-3-1-4-12)16(9-13)23(20,21)19-10-14-5-2-8-18-14;/h6-7,9,12,14,18-19H,1-5,8,10-11H2;1H. The molecule has 1 aromatic carbocycles. The van der Waals surface area contributed by atoms with E-state index in [2.05, 4.69) is 10.0 Å². The van der Waals surface area contributed by atoms with Gasteiger partial charge in [-0.25, -0.2) is 13.1 Å². The number of hydrogen-bond acceptors (Lipinski definition) is 4. The van der Waals surface area contributed by atoms with Gasteiger partial charge in [0.15, 0.2) is 0 Å². The summed E-state index contributed by atoms with van der Waals surface area (Å²) in [6, 6.07) is 4.96. The van der Waals surface area contributed by atoms with E-state index in [1.54, 1.807) is 12.1 Å². The van der Waals surface area contributed by atoms with E-state index in [1.807, 2.05) is 0 Å². The minimum atomic E-state index is -3.64. The molecular formula is C16H24Cl2N2O3S. The number of sulfonamides is 1. The van der Waals surface area contributed by atoms with Crippen molar-refractivity contribution in [1.29, 1.82) is 0 Å². The van der Waals surface area contributed by atoms with Crippen molar-refractivity contribution in [3.8, 4) is 5.75 Å². The van der Waals surface area contributed by atoms with E-state index in [1.165, 1.54) is 12.5 Å². The molecule has 2 aliphatic rings. The van der Waals surface area contributed by atoms with Crippen LogP contribution in [0.1, 0.15) is 32.1 Å². The first-order valence-corrected chi connectivity index (χ1v) is 10.1. The van der Waals surface area contributed by atoms with Gasteiger partial charge in [0, 0.05) is 17.6 Å². The number of hydrogen-bond donors (Lipinski definition) is 2. The summed E-state index contributed by atoms with van der Waals surface area (Å²) in [6.07, 6.45) is 5.61. The molecule has 2 N–H and O–H groups in total. The smallest absolute Gasteiger partial charge is 0.244 e. The molecule has 1 atom stereocenters. The molecule has 0 bridgehead atoms. The van der Waals surface area contributed by atoms with Crippen LogP contribution in [0.3, 0.4) is 0 Å². The zero-order valence-corrected chi connectivity index (χ0v) is 15.9. The summed E-state index contributed by atoms with van der Waals surface area (Å²) in [7, 11) is -3.64. The average molecular weight is 395 g/mol. The maximum atomic E-state index is 12.6. The number of halogens is 2. The van der Waals surface area contributed by atoms with Crippen molar-refractivity contribution in [3.63, 3.8) is 0 Å². The fraction of sp³-hybridized carbons (Fsp3) is 0.625. The van der Waals surface area contributed by atoms with Gasteiger partial charge in [0.05, 0.1) is 6.61 Å². The van der Waals surface area contributed by atoms with Crippen molar-refractivity contribution in [2.75, 3.05) is 19.7 Å². The molecule has 0 radical (unpaired) electrons. The third-order valence-corrected chi connectivity index (χ3v) is 6.26. The van der Waals surface area contributed by atoms with Gasteiger partial charge in [-0.05, 0) is 56.3 Å². The molecule has 1 unspecified atom stereocenters. The Morgan fingerprint density at radius 1 is 1.25 bits per heavy atom. The first-order chi connectivity index (χ1) is 11.0. The molecule has 1 aromatic rings. The van der Waals surface area contributed by atoms with Gasteiger partial charge >= 0.3 is 0 Å². The normalized spacial score (nSPS) is 21.1. The molecule has 0 amide bonds. The van der Waals surface area contributed by atoms with E-state index >= 15 is 0 Å². The molecule has 0 spiro atoms. The molecule has 136 valence electrons. The summed E-state index contributed by atoms with van der Waals surface area (Å²) in [5.41, 5.74) is 0. The Labute approximate surface area is 154 Å². The van der Waals surface area contributed by atoms with Gasteiger partial charge < -0.3 is 10.1 Å². The second-order valence-electron chi connectivity index (χ2n) is 6.34. The molecule has 1 aliphatic heterocycles. The number of nitrogens with one attached hydrogen (secondary N) is 2. The Bertz CT molecular complexity index is 645. The lowest BCUT2D eigenvalue weighted by molar-refractivity contribution is 0.177. The first kappa shape index (κ1) is 19.8. The van der Waals surface area contributed by atoms with Gasteiger partial charge in [-0.1, -0.05) is 18.0 Å². The van der Waals surface area contributed by atoms with Crippen LogP contribution in [-0.4, -0.2) is 34.2 Å². The van der Waals surface area contributed by atoms with Crippen LogP contribution in [0.2, 0.25) is 5.02 Å². The Morgan fingerprint density at radius 3 is 2.67 bits per heavy atom. The van der Waals surface area contributed by atoms with Crippen molar-refractivity contribution in [2.45, 2.75) is 43.0 Å². The van der Waals surface area contributed by atoms with Crippen LogP contribution < -0.4 is 14.8 Å². The lowest BCUT2D eigenvalue weighted by atomic mass is 9.86. The van der Waals surface area contributed by atoms with Crippen LogP contribution in [-0.2, 0) is 10.0 Å². The number of ether oxygens (including phenoxy) is 1. The first-order valence-electron chi connectivity index (χ1n) is 8.20. The van der Waals surface area contributed by atoms with Gasteiger partial charge in [0.25, 0.3) is 0 Å². The van der Waals surface area contributed by atoms with Crippen LogP contribution in [0, 0.1) is 5.92 Å². The molecule has 1 heterocycles. The van der Waals surface area contributed by atoms with E-state index in [4.69, 9.17) is 16.3 Å². The van der Waals surface area contributed by atoms with Gasteiger partial charge in [0.1, 0.15) is 10.6 Å². The summed E-state index contributed by atoms with van der Waals surface area (Å²) >= 11 is 5.99. The van der Waals surface area contributed by atoms with Gasteiger partial charge in [-0.2, -0.15) is 0 Å². The Hall–Kier alpha value is -0.530. The third kappa shape index (κ3) is 4.99. The highest BCUT2D eigenvalue weighted by Crippen LogP contribution is 2.31. The summed E-state index contributed by atoms with van der Waals surface area (Å²) in [5.74, 6) is 0.921. The minimum Gasteiger partial charge on any atom is -0.492 e. The molecule has 3 rings (SSSR count). The summed E-state index contributed by atoms with van der Waals surface area (Å²) in [6.45, 7) is 1.89. The van der Waals surface area contributed by atoms with Crippen molar-refractivity contribution in [1.82, 2.24) is 10.0 Å². The zero-order chi connectivity index (χ0) is 16.3. The van der Waals surface area contributed by atoms with Crippen LogP contribution in [0.15, 0.2) is 23.1 Å². The predicted octanol–water partition coefficient (Wildman–Crippen LogP) is 2.97. The second-order valence-corrected chi connectivity index (χ2v) is 8.52. The summed E-state index contributed by atoms with van der Waals surface area (Å²) in [5, 5.41) is 3.67. The predicted molar refractivity (Wildman–Crippen MR) is 97.7 cm³/mol. The highest BCUT2D eigenvalue weighted by molar-refractivity contribution is 7.89. The topological polar surface area (TPSA) is 67.4 Å². The van der Waals surface area contributed by atoms with Crippen molar-refractivity contribution >= 4 is 34.0 Å². The van der Waals surface area contributed by atoms with Gasteiger partial charge in [-0.3, -0.25) is 0 Å². The minimum absolute atomic E-state index is 0. The Morgan fingerprint density at radius 2 is 2.04 bits per heavy atom. The molecule has 0 aromatic heterocycles. The highest BCUT2D eigenvalue weighted by atomic mass is 35.5. The van der Waals surface area contributed by atoms with Crippen LogP contribution in [0.4, 0.5) is 0 Å². The molecule has 8 heteroatoms. The van der Waals surface area contributed by atoms with Crippen molar-refractivity contribution in [3.05, 3.63) is 23.2 Å². The second kappa shape index (κ2) is 8.72. The lowest BCUT2D eigenvalue weighted by Crippen LogP contribution is -2.37. The maximum absolute atomic E-state index is 12.6. The zero-order valence-electron chi connectivity index (χ0n) is 13.5. The number of rotatable bonds is 7. The summed E-state index contributed by atoms with van der Waals surface area (Å²) in [4.78, 5) is 0.127. The van der Waals surface area contributed by atoms with Crippen molar-refractivity contribution < 1.29 is 13.2 Å². The Balaban J connectivity index is 0.00000208. The molecule has 24 heavy (non-hydrogen) atoms. The SMILES string of the molecule is Cl.O=S(=O)(NCC1CCCN1)c1cc(Cl)ccc1OCC1CCC1. The maximum Gasteiger partial charge on any atom is 0.244 e.